The Morgan fingerprint density at radius 2 is 1.69 bits per heavy atom. The van der Waals surface area contributed by atoms with E-state index in [1.165, 1.54) is 5.56 Å². The third-order valence-electron chi connectivity index (χ3n) is 5.05. The van der Waals surface area contributed by atoms with Crippen LogP contribution < -0.4 is 10.5 Å². The zero-order chi connectivity index (χ0) is 18.1. The molecular weight excluding hydrogens is 328 g/mol. The Morgan fingerprint density at radius 3 is 2.42 bits per heavy atom. The van der Waals surface area contributed by atoms with Crippen LogP contribution in [0.2, 0.25) is 0 Å². The minimum Gasteiger partial charge on any atom is -0.423 e. The van der Waals surface area contributed by atoms with Crippen LogP contribution in [0.4, 0.5) is 5.95 Å². The van der Waals surface area contributed by atoms with E-state index in [2.05, 4.69) is 32.8 Å². The van der Waals surface area contributed by atoms with Gasteiger partial charge in [0, 0.05) is 56.6 Å². The van der Waals surface area contributed by atoms with Crippen LogP contribution in [0.25, 0.3) is 11.0 Å². The standard InChI is InChI=1S/C20H22N4O2/c1-14-10-17-16(12-19(25)26-18(17)11-15(14)2)13-23-6-8-24(9-7-23)20-21-4-3-5-22-20/h3-5,10-12H,6-9,13H2,1-2H3. The number of piperazine rings is 1. The smallest absolute Gasteiger partial charge is 0.336 e. The van der Waals surface area contributed by atoms with Gasteiger partial charge in [-0.3, -0.25) is 4.90 Å². The van der Waals surface area contributed by atoms with Crippen LogP contribution >= 0.6 is 0 Å². The van der Waals surface area contributed by atoms with Crippen molar-refractivity contribution in [1.29, 1.82) is 0 Å². The fourth-order valence-electron chi connectivity index (χ4n) is 3.42. The van der Waals surface area contributed by atoms with E-state index in [0.29, 0.717) is 5.58 Å². The molecular formula is C20H22N4O2. The Kier molecular flexibility index (Phi) is 4.42. The van der Waals surface area contributed by atoms with Crippen LogP contribution in [0.1, 0.15) is 16.7 Å². The largest absolute Gasteiger partial charge is 0.423 e. The van der Waals surface area contributed by atoms with Crippen molar-refractivity contribution in [3.63, 3.8) is 0 Å². The van der Waals surface area contributed by atoms with Crippen molar-refractivity contribution in [1.82, 2.24) is 14.9 Å². The van der Waals surface area contributed by atoms with E-state index in [4.69, 9.17) is 4.42 Å². The summed E-state index contributed by atoms with van der Waals surface area (Å²) in [7, 11) is 0. The van der Waals surface area contributed by atoms with Crippen LogP contribution in [0.3, 0.4) is 0 Å². The first-order chi connectivity index (χ1) is 12.6. The number of hydrogen-bond acceptors (Lipinski definition) is 6. The molecule has 1 aliphatic heterocycles. The lowest BCUT2D eigenvalue weighted by molar-refractivity contribution is 0.249. The number of aromatic nitrogens is 2. The molecule has 0 amide bonds. The van der Waals surface area contributed by atoms with Crippen molar-refractivity contribution in [3.8, 4) is 0 Å². The molecule has 6 heteroatoms. The second kappa shape index (κ2) is 6.88. The van der Waals surface area contributed by atoms with Crippen LogP contribution in [-0.4, -0.2) is 41.0 Å². The number of fused-ring (bicyclic) bond motifs is 1. The molecule has 6 nitrogen and oxygen atoms in total. The molecule has 0 unspecified atom stereocenters. The van der Waals surface area contributed by atoms with Gasteiger partial charge in [0.2, 0.25) is 5.95 Å². The first kappa shape index (κ1) is 16.7. The third-order valence-corrected chi connectivity index (χ3v) is 5.05. The predicted molar refractivity (Wildman–Crippen MR) is 101 cm³/mol. The van der Waals surface area contributed by atoms with Crippen LogP contribution in [0.5, 0.6) is 0 Å². The number of nitrogens with zero attached hydrogens (tertiary/aromatic N) is 4. The molecule has 0 aliphatic carbocycles. The molecule has 0 spiro atoms. The average molecular weight is 350 g/mol. The fraction of sp³-hybridized carbons (Fsp3) is 0.350. The summed E-state index contributed by atoms with van der Waals surface area (Å²) in [5.74, 6) is 0.782. The van der Waals surface area contributed by atoms with Gasteiger partial charge >= 0.3 is 5.63 Å². The molecule has 2 aromatic heterocycles. The quantitative estimate of drug-likeness (QED) is 0.677. The van der Waals surface area contributed by atoms with Crippen molar-refractivity contribution < 1.29 is 4.42 Å². The van der Waals surface area contributed by atoms with Gasteiger partial charge < -0.3 is 9.32 Å². The molecule has 0 bridgehead atoms. The Morgan fingerprint density at radius 1 is 1.00 bits per heavy atom. The maximum Gasteiger partial charge on any atom is 0.336 e. The SMILES string of the molecule is Cc1cc2oc(=O)cc(CN3CCN(c4ncccn4)CC3)c2cc1C. The molecule has 1 aromatic carbocycles. The summed E-state index contributed by atoms with van der Waals surface area (Å²) in [4.78, 5) is 25.2. The zero-order valence-corrected chi connectivity index (χ0v) is 15.1. The van der Waals surface area contributed by atoms with Gasteiger partial charge in [0.1, 0.15) is 5.58 Å². The lowest BCUT2D eigenvalue weighted by Crippen LogP contribution is -2.46. The van der Waals surface area contributed by atoms with Crippen molar-refractivity contribution >= 4 is 16.9 Å². The molecule has 0 N–H and O–H groups in total. The number of anilines is 1. The molecule has 4 rings (SSSR count). The minimum absolute atomic E-state index is 0.285. The Labute approximate surface area is 152 Å². The van der Waals surface area contributed by atoms with E-state index in [-0.39, 0.29) is 5.63 Å². The minimum atomic E-state index is -0.285. The van der Waals surface area contributed by atoms with Crippen molar-refractivity contribution in [2.45, 2.75) is 20.4 Å². The lowest BCUT2D eigenvalue weighted by atomic mass is 10.0. The Hall–Kier alpha value is -2.73. The van der Waals surface area contributed by atoms with Gasteiger partial charge in [-0.15, -0.1) is 0 Å². The van der Waals surface area contributed by atoms with Gasteiger partial charge in [0.15, 0.2) is 0 Å². The highest BCUT2D eigenvalue weighted by Gasteiger charge is 2.20. The molecule has 0 atom stereocenters. The first-order valence-corrected chi connectivity index (χ1v) is 8.88. The summed E-state index contributed by atoms with van der Waals surface area (Å²) in [6.45, 7) is 8.43. The third kappa shape index (κ3) is 3.32. The Balaban J connectivity index is 1.53. The molecule has 1 fully saturated rings. The van der Waals surface area contributed by atoms with E-state index >= 15 is 0 Å². The highest BCUT2D eigenvalue weighted by Crippen LogP contribution is 2.23. The van der Waals surface area contributed by atoms with E-state index in [1.807, 2.05) is 19.1 Å². The van der Waals surface area contributed by atoms with E-state index in [0.717, 1.165) is 55.2 Å². The van der Waals surface area contributed by atoms with Crippen LogP contribution in [-0.2, 0) is 6.54 Å². The highest BCUT2D eigenvalue weighted by molar-refractivity contribution is 5.81. The summed E-state index contributed by atoms with van der Waals surface area (Å²) in [5.41, 5.74) is 3.76. The second-order valence-electron chi connectivity index (χ2n) is 6.84. The maximum absolute atomic E-state index is 12.0. The Bertz CT molecular complexity index is 976. The van der Waals surface area contributed by atoms with Crippen LogP contribution in [0, 0.1) is 13.8 Å². The van der Waals surface area contributed by atoms with Gasteiger partial charge in [-0.2, -0.15) is 0 Å². The van der Waals surface area contributed by atoms with E-state index in [1.54, 1.807) is 18.5 Å². The molecule has 0 radical (unpaired) electrons. The molecule has 26 heavy (non-hydrogen) atoms. The number of aryl methyl sites for hydroxylation is 2. The van der Waals surface area contributed by atoms with Crippen LogP contribution in [0.15, 0.2) is 45.9 Å². The molecule has 0 saturated carbocycles. The summed E-state index contributed by atoms with van der Waals surface area (Å²) >= 11 is 0. The molecule has 134 valence electrons. The maximum atomic E-state index is 12.0. The molecule has 3 heterocycles. The predicted octanol–water partition coefficient (Wildman–Crippen LogP) is 2.52. The number of rotatable bonds is 3. The normalized spacial score (nSPS) is 15.5. The molecule has 1 aliphatic rings. The fourth-order valence-corrected chi connectivity index (χ4v) is 3.42. The summed E-state index contributed by atoms with van der Waals surface area (Å²) in [6.07, 6.45) is 3.54. The van der Waals surface area contributed by atoms with E-state index in [9.17, 15) is 4.79 Å². The van der Waals surface area contributed by atoms with Gasteiger partial charge in [-0.1, -0.05) is 0 Å². The number of benzene rings is 1. The average Bonchev–Trinajstić information content (AvgIpc) is 2.65. The van der Waals surface area contributed by atoms with Gasteiger partial charge in [-0.25, -0.2) is 14.8 Å². The van der Waals surface area contributed by atoms with E-state index < -0.39 is 0 Å². The lowest BCUT2D eigenvalue weighted by Gasteiger charge is -2.34. The van der Waals surface area contributed by atoms with Crippen molar-refractivity contribution in [2.24, 2.45) is 0 Å². The summed E-state index contributed by atoms with van der Waals surface area (Å²) < 4.78 is 5.40. The van der Waals surface area contributed by atoms with Crippen molar-refractivity contribution in [3.05, 3.63) is 63.8 Å². The summed E-state index contributed by atoms with van der Waals surface area (Å²) in [5, 5.41) is 1.03. The monoisotopic (exact) mass is 350 g/mol. The van der Waals surface area contributed by atoms with Crippen molar-refractivity contribution in [2.75, 3.05) is 31.1 Å². The second-order valence-corrected chi connectivity index (χ2v) is 6.84. The molecule has 1 saturated heterocycles. The van der Waals surface area contributed by atoms with Gasteiger partial charge in [0.25, 0.3) is 0 Å². The van der Waals surface area contributed by atoms with Gasteiger partial charge in [-0.05, 0) is 48.7 Å². The topological polar surface area (TPSA) is 62.5 Å². The zero-order valence-electron chi connectivity index (χ0n) is 15.1. The number of hydrogen-bond donors (Lipinski definition) is 0. The highest BCUT2D eigenvalue weighted by atomic mass is 16.4. The summed E-state index contributed by atoms with van der Waals surface area (Å²) in [6, 6.07) is 7.54. The van der Waals surface area contributed by atoms with Gasteiger partial charge in [0.05, 0.1) is 0 Å². The first-order valence-electron chi connectivity index (χ1n) is 8.88. The molecule has 3 aromatic rings.